The van der Waals surface area contributed by atoms with E-state index in [1.165, 1.54) is 25.8 Å². The summed E-state index contributed by atoms with van der Waals surface area (Å²) in [7, 11) is 1.84. The van der Waals surface area contributed by atoms with Crippen molar-refractivity contribution in [2.24, 2.45) is 5.92 Å². The van der Waals surface area contributed by atoms with Gasteiger partial charge in [0.25, 0.3) is 0 Å². The van der Waals surface area contributed by atoms with Crippen LogP contribution >= 0.6 is 0 Å². The van der Waals surface area contributed by atoms with Crippen molar-refractivity contribution < 1.29 is 9.53 Å². The molecule has 4 heteroatoms. The monoisotopic (exact) mass is 268 g/mol. The number of hydrogen-bond acceptors (Lipinski definition) is 4. The lowest BCUT2D eigenvalue weighted by atomic mass is 9.95. The van der Waals surface area contributed by atoms with E-state index in [1.807, 2.05) is 20.9 Å². The minimum Gasteiger partial charge on any atom is -0.465 e. The zero-order valence-electron chi connectivity index (χ0n) is 12.6. The first kappa shape index (κ1) is 14.8. The SMILES string of the molecule is CCOC(=O)C(C)(CCCN1CC2CCC1C2)NC. The average Bonchev–Trinajstić information content (AvgIpc) is 3.01. The first-order chi connectivity index (χ1) is 9.09. The molecule has 1 aliphatic carbocycles. The summed E-state index contributed by atoms with van der Waals surface area (Å²) >= 11 is 0. The highest BCUT2D eigenvalue weighted by Crippen LogP contribution is 2.37. The van der Waals surface area contributed by atoms with E-state index < -0.39 is 5.54 Å². The minimum atomic E-state index is -0.533. The van der Waals surface area contributed by atoms with Crippen molar-refractivity contribution in [3.63, 3.8) is 0 Å². The molecule has 1 saturated carbocycles. The number of piperidine rings is 1. The zero-order valence-corrected chi connectivity index (χ0v) is 12.6. The Labute approximate surface area is 116 Å². The molecule has 0 aromatic rings. The van der Waals surface area contributed by atoms with E-state index in [1.54, 1.807) is 0 Å². The summed E-state index contributed by atoms with van der Waals surface area (Å²) in [5.74, 6) is 0.825. The van der Waals surface area contributed by atoms with Crippen molar-refractivity contribution in [2.45, 2.75) is 57.5 Å². The second-order valence-electron chi connectivity index (χ2n) is 6.23. The molecular weight excluding hydrogens is 240 g/mol. The van der Waals surface area contributed by atoms with Crippen LogP contribution in [0.5, 0.6) is 0 Å². The number of rotatable bonds is 7. The van der Waals surface area contributed by atoms with Crippen molar-refractivity contribution in [1.29, 1.82) is 0 Å². The van der Waals surface area contributed by atoms with E-state index >= 15 is 0 Å². The second kappa shape index (κ2) is 6.23. The molecule has 3 atom stereocenters. The number of carbonyl (C=O) groups is 1. The number of likely N-dealkylation sites (N-methyl/N-ethyl adjacent to an activating group) is 1. The molecule has 0 aromatic carbocycles. The largest absolute Gasteiger partial charge is 0.465 e. The Morgan fingerprint density at radius 1 is 1.47 bits per heavy atom. The normalized spacial score (nSPS) is 29.4. The van der Waals surface area contributed by atoms with Crippen LogP contribution < -0.4 is 5.32 Å². The molecule has 1 saturated heterocycles. The summed E-state index contributed by atoms with van der Waals surface area (Å²) in [6.07, 6.45) is 6.11. The van der Waals surface area contributed by atoms with Crippen LogP contribution in [0, 0.1) is 5.92 Å². The Hall–Kier alpha value is -0.610. The Bertz CT molecular complexity index is 321. The molecule has 2 aliphatic rings. The van der Waals surface area contributed by atoms with E-state index in [0.29, 0.717) is 6.61 Å². The lowest BCUT2D eigenvalue weighted by Gasteiger charge is -2.30. The number of fused-ring (bicyclic) bond motifs is 2. The fourth-order valence-corrected chi connectivity index (χ4v) is 3.56. The van der Waals surface area contributed by atoms with E-state index in [2.05, 4.69) is 10.2 Å². The van der Waals surface area contributed by atoms with E-state index in [-0.39, 0.29) is 5.97 Å². The van der Waals surface area contributed by atoms with Crippen molar-refractivity contribution in [2.75, 3.05) is 26.7 Å². The Morgan fingerprint density at radius 2 is 2.26 bits per heavy atom. The third-order valence-electron chi connectivity index (χ3n) is 4.92. The highest BCUT2D eigenvalue weighted by Gasteiger charge is 2.38. The predicted octanol–water partition coefficient (Wildman–Crippen LogP) is 1.79. The van der Waals surface area contributed by atoms with E-state index in [4.69, 9.17) is 4.74 Å². The van der Waals surface area contributed by atoms with Gasteiger partial charge in [0.05, 0.1) is 6.61 Å². The fraction of sp³-hybridized carbons (Fsp3) is 0.933. The molecule has 1 N–H and O–H groups in total. The fourth-order valence-electron chi connectivity index (χ4n) is 3.56. The highest BCUT2D eigenvalue weighted by molar-refractivity contribution is 5.80. The van der Waals surface area contributed by atoms with Crippen molar-refractivity contribution in [1.82, 2.24) is 10.2 Å². The van der Waals surface area contributed by atoms with E-state index in [9.17, 15) is 4.79 Å². The smallest absolute Gasteiger partial charge is 0.326 e. The van der Waals surface area contributed by atoms with Crippen LogP contribution in [-0.2, 0) is 9.53 Å². The molecule has 0 amide bonds. The number of esters is 1. The standard InChI is InChI=1S/C15H28N2O2/c1-4-19-14(18)15(2,16-3)8-5-9-17-11-12-6-7-13(17)10-12/h12-13,16H,4-11H2,1-3H3. The van der Waals surface area contributed by atoms with Crippen molar-refractivity contribution >= 4 is 5.97 Å². The minimum absolute atomic E-state index is 0.125. The van der Waals surface area contributed by atoms with Crippen molar-refractivity contribution in [3.8, 4) is 0 Å². The van der Waals surface area contributed by atoms with Gasteiger partial charge in [0.15, 0.2) is 0 Å². The van der Waals surface area contributed by atoms with Gasteiger partial charge >= 0.3 is 5.97 Å². The first-order valence-electron chi connectivity index (χ1n) is 7.69. The highest BCUT2D eigenvalue weighted by atomic mass is 16.5. The van der Waals surface area contributed by atoms with Crippen LogP contribution in [0.1, 0.15) is 46.0 Å². The van der Waals surface area contributed by atoms with Gasteiger partial charge in [0, 0.05) is 12.6 Å². The molecule has 19 heavy (non-hydrogen) atoms. The molecule has 2 fully saturated rings. The van der Waals surface area contributed by atoms with Gasteiger partial charge in [-0.2, -0.15) is 0 Å². The van der Waals surface area contributed by atoms with Gasteiger partial charge in [-0.1, -0.05) is 0 Å². The predicted molar refractivity (Wildman–Crippen MR) is 76.0 cm³/mol. The van der Waals surface area contributed by atoms with Gasteiger partial charge in [0.1, 0.15) is 5.54 Å². The Morgan fingerprint density at radius 3 is 2.79 bits per heavy atom. The second-order valence-corrected chi connectivity index (χ2v) is 6.23. The van der Waals surface area contributed by atoms with Crippen LogP contribution in [0.25, 0.3) is 0 Å². The summed E-state index contributed by atoms with van der Waals surface area (Å²) in [5.41, 5.74) is -0.533. The third-order valence-corrected chi connectivity index (χ3v) is 4.92. The van der Waals surface area contributed by atoms with Crippen LogP contribution in [-0.4, -0.2) is 49.2 Å². The number of hydrogen-bond donors (Lipinski definition) is 1. The van der Waals surface area contributed by atoms with Crippen LogP contribution in [0.4, 0.5) is 0 Å². The molecule has 2 rings (SSSR count). The summed E-state index contributed by atoms with van der Waals surface area (Å²) < 4.78 is 5.15. The van der Waals surface area contributed by atoms with Crippen molar-refractivity contribution in [3.05, 3.63) is 0 Å². The number of carbonyl (C=O) groups excluding carboxylic acids is 1. The molecule has 2 bridgehead atoms. The van der Waals surface area contributed by atoms with Gasteiger partial charge < -0.3 is 15.0 Å². The summed E-state index contributed by atoms with van der Waals surface area (Å²) in [6, 6.07) is 0.827. The third kappa shape index (κ3) is 3.29. The maximum absolute atomic E-state index is 12.0. The number of ether oxygens (including phenoxy) is 1. The van der Waals surface area contributed by atoms with Gasteiger partial charge in [-0.15, -0.1) is 0 Å². The Kier molecular flexibility index (Phi) is 4.85. The number of nitrogens with zero attached hydrogens (tertiary/aromatic N) is 1. The molecule has 0 spiro atoms. The molecule has 0 aromatic heterocycles. The maximum atomic E-state index is 12.0. The van der Waals surface area contributed by atoms with Gasteiger partial charge in [-0.3, -0.25) is 4.79 Å². The maximum Gasteiger partial charge on any atom is 0.326 e. The lowest BCUT2D eigenvalue weighted by molar-refractivity contribution is -0.150. The molecule has 3 unspecified atom stereocenters. The Balaban J connectivity index is 1.75. The summed E-state index contributed by atoms with van der Waals surface area (Å²) in [6.45, 7) is 6.65. The molecule has 4 nitrogen and oxygen atoms in total. The number of nitrogens with one attached hydrogen (secondary N) is 1. The summed E-state index contributed by atoms with van der Waals surface area (Å²) in [5, 5.41) is 3.13. The average molecular weight is 268 g/mol. The topological polar surface area (TPSA) is 41.6 Å². The van der Waals surface area contributed by atoms with Crippen LogP contribution in [0.2, 0.25) is 0 Å². The van der Waals surface area contributed by atoms with Gasteiger partial charge in [-0.25, -0.2) is 0 Å². The van der Waals surface area contributed by atoms with Gasteiger partial charge in [-0.05, 0) is 65.5 Å². The molecule has 1 aliphatic heterocycles. The van der Waals surface area contributed by atoms with Crippen LogP contribution in [0.15, 0.2) is 0 Å². The van der Waals surface area contributed by atoms with Crippen LogP contribution in [0.3, 0.4) is 0 Å². The molecular formula is C15H28N2O2. The van der Waals surface area contributed by atoms with Gasteiger partial charge in [0.2, 0.25) is 0 Å². The van der Waals surface area contributed by atoms with E-state index in [0.717, 1.165) is 31.3 Å². The first-order valence-corrected chi connectivity index (χ1v) is 7.69. The summed E-state index contributed by atoms with van der Waals surface area (Å²) in [4.78, 5) is 14.6. The quantitative estimate of drug-likeness (QED) is 0.715. The molecule has 1 heterocycles. The molecule has 110 valence electrons. The number of likely N-dealkylation sites (tertiary alicyclic amines) is 1. The zero-order chi connectivity index (χ0) is 13.9. The molecule has 0 radical (unpaired) electrons. The lowest BCUT2D eigenvalue weighted by Crippen LogP contribution is -2.49.